The van der Waals surface area contributed by atoms with E-state index in [1.165, 1.54) is 55.6 Å². The van der Waals surface area contributed by atoms with Crippen molar-refractivity contribution in [3.8, 4) is 0 Å². The summed E-state index contributed by atoms with van der Waals surface area (Å²) in [7, 11) is 2.06. The first kappa shape index (κ1) is 10.7. The fourth-order valence-electron chi connectivity index (χ4n) is 3.07. The smallest absolute Gasteiger partial charge is 0.0962 e. The van der Waals surface area contributed by atoms with Crippen LogP contribution in [0.3, 0.4) is 0 Å². The van der Waals surface area contributed by atoms with Crippen LogP contribution in [-0.2, 0) is 6.42 Å². The van der Waals surface area contributed by atoms with E-state index >= 15 is 0 Å². The molecule has 1 N–H and O–H groups in total. The monoisotopic (exact) mass is 236 g/mol. The summed E-state index contributed by atoms with van der Waals surface area (Å²) in [5, 5.41) is 4.84. The van der Waals surface area contributed by atoms with E-state index in [1.54, 1.807) is 4.88 Å². The van der Waals surface area contributed by atoms with Crippen molar-refractivity contribution in [3.63, 3.8) is 0 Å². The summed E-state index contributed by atoms with van der Waals surface area (Å²) in [4.78, 5) is 6.50. The Labute approximate surface area is 101 Å². The van der Waals surface area contributed by atoms with Crippen molar-refractivity contribution >= 4 is 11.3 Å². The zero-order valence-corrected chi connectivity index (χ0v) is 10.8. The number of nitrogens with one attached hydrogen (secondary N) is 1. The predicted octanol–water partition coefficient (Wildman–Crippen LogP) is 3.40. The Balaban J connectivity index is 1.89. The van der Waals surface area contributed by atoms with E-state index in [1.807, 2.05) is 11.3 Å². The molecule has 1 aromatic heterocycles. The van der Waals surface area contributed by atoms with Crippen LogP contribution in [0.2, 0.25) is 0 Å². The summed E-state index contributed by atoms with van der Waals surface area (Å²) in [6.45, 7) is 0. The van der Waals surface area contributed by atoms with Crippen LogP contribution in [0.25, 0.3) is 0 Å². The molecule has 3 heteroatoms. The maximum Gasteiger partial charge on any atom is 0.0962 e. The van der Waals surface area contributed by atoms with Crippen LogP contribution in [0.5, 0.6) is 0 Å². The van der Waals surface area contributed by atoms with Gasteiger partial charge in [0.2, 0.25) is 0 Å². The third-order valence-corrected chi connectivity index (χ3v) is 5.32. The van der Waals surface area contributed by atoms with E-state index in [-0.39, 0.29) is 0 Å². The lowest BCUT2D eigenvalue weighted by atomic mass is 9.98. The number of thiazole rings is 1. The Morgan fingerprint density at radius 2 is 2.00 bits per heavy atom. The van der Waals surface area contributed by atoms with Gasteiger partial charge in [0.1, 0.15) is 0 Å². The fraction of sp³-hybridized carbons (Fsp3) is 0.769. The van der Waals surface area contributed by atoms with E-state index in [2.05, 4.69) is 12.4 Å². The van der Waals surface area contributed by atoms with Crippen molar-refractivity contribution in [2.24, 2.45) is 0 Å². The van der Waals surface area contributed by atoms with Gasteiger partial charge in [-0.3, -0.25) is 0 Å². The zero-order valence-electron chi connectivity index (χ0n) is 9.96. The van der Waals surface area contributed by atoms with Gasteiger partial charge in [0, 0.05) is 10.8 Å². The summed E-state index contributed by atoms with van der Waals surface area (Å²) < 4.78 is 0. The van der Waals surface area contributed by atoms with Gasteiger partial charge in [-0.25, -0.2) is 4.98 Å². The molecule has 1 aromatic rings. The van der Waals surface area contributed by atoms with Gasteiger partial charge in [-0.1, -0.05) is 12.8 Å². The Kier molecular flexibility index (Phi) is 2.99. The Bertz CT molecular complexity index is 366. The first-order chi connectivity index (χ1) is 7.88. The van der Waals surface area contributed by atoms with E-state index in [4.69, 9.17) is 4.98 Å². The molecule has 0 amide bonds. The van der Waals surface area contributed by atoms with Gasteiger partial charge < -0.3 is 5.32 Å². The minimum Gasteiger partial charge on any atom is -0.312 e. The van der Waals surface area contributed by atoms with Crippen molar-refractivity contribution < 1.29 is 0 Å². The maximum absolute atomic E-state index is 4.94. The van der Waals surface area contributed by atoms with Gasteiger partial charge in [-0.15, -0.1) is 11.3 Å². The molecule has 0 aromatic carbocycles. The van der Waals surface area contributed by atoms with Crippen LogP contribution >= 0.6 is 11.3 Å². The van der Waals surface area contributed by atoms with Crippen LogP contribution in [-0.4, -0.2) is 12.0 Å². The van der Waals surface area contributed by atoms with Crippen molar-refractivity contribution in [3.05, 3.63) is 15.6 Å². The molecule has 1 fully saturated rings. The number of rotatable bonds is 2. The minimum absolute atomic E-state index is 0.523. The highest BCUT2D eigenvalue weighted by Gasteiger charge is 2.27. The lowest BCUT2D eigenvalue weighted by Gasteiger charge is -2.19. The average Bonchev–Trinajstić information content (AvgIpc) is 2.96. The largest absolute Gasteiger partial charge is 0.312 e. The highest BCUT2D eigenvalue weighted by molar-refractivity contribution is 7.11. The van der Waals surface area contributed by atoms with Gasteiger partial charge in [-0.05, 0) is 39.2 Å². The highest BCUT2D eigenvalue weighted by Crippen LogP contribution is 2.40. The number of aromatic nitrogens is 1. The maximum atomic E-state index is 4.94. The molecule has 2 aliphatic carbocycles. The molecular formula is C13H20N2S. The molecule has 1 saturated carbocycles. The third kappa shape index (κ3) is 1.80. The molecule has 16 heavy (non-hydrogen) atoms. The van der Waals surface area contributed by atoms with Gasteiger partial charge >= 0.3 is 0 Å². The molecule has 1 unspecified atom stereocenters. The second kappa shape index (κ2) is 4.46. The van der Waals surface area contributed by atoms with Gasteiger partial charge in [0.15, 0.2) is 0 Å². The third-order valence-electron chi connectivity index (χ3n) is 4.02. The summed E-state index contributed by atoms with van der Waals surface area (Å²) in [5.41, 5.74) is 1.38. The second-order valence-electron chi connectivity index (χ2n) is 5.08. The Hall–Kier alpha value is -0.410. The average molecular weight is 236 g/mol. The molecule has 3 rings (SSSR count). The van der Waals surface area contributed by atoms with E-state index in [0.717, 1.165) is 5.92 Å². The first-order valence-corrected chi connectivity index (χ1v) is 7.37. The lowest BCUT2D eigenvalue weighted by molar-refractivity contribution is 0.488. The van der Waals surface area contributed by atoms with Crippen LogP contribution in [0.1, 0.15) is 66.1 Å². The van der Waals surface area contributed by atoms with E-state index in [0.29, 0.717) is 6.04 Å². The van der Waals surface area contributed by atoms with Gasteiger partial charge in [0.25, 0.3) is 0 Å². The SMILES string of the molecule is CNC1CCCc2sc(C3CCCC3)nc21. The summed E-state index contributed by atoms with van der Waals surface area (Å²) >= 11 is 2.00. The number of hydrogen-bond acceptors (Lipinski definition) is 3. The number of aryl methyl sites for hydroxylation is 1. The van der Waals surface area contributed by atoms with Crippen molar-refractivity contribution in [2.45, 2.75) is 56.9 Å². The number of hydrogen-bond donors (Lipinski definition) is 1. The standard InChI is InChI=1S/C13H20N2S/c1-14-10-7-4-8-11-12(10)15-13(16-11)9-5-2-3-6-9/h9-10,14H,2-8H2,1H3. The molecule has 1 heterocycles. The molecule has 0 saturated heterocycles. The molecular weight excluding hydrogens is 216 g/mol. The molecule has 2 aliphatic rings. The van der Waals surface area contributed by atoms with Gasteiger partial charge in [0.05, 0.1) is 16.7 Å². The van der Waals surface area contributed by atoms with Crippen molar-refractivity contribution in [1.29, 1.82) is 0 Å². The number of nitrogens with zero attached hydrogens (tertiary/aromatic N) is 1. The fourth-order valence-corrected chi connectivity index (χ4v) is 4.40. The predicted molar refractivity (Wildman–Crippen MR) is 68.1 cm³/mol. The first-order valence-electron chi connectivity index (χ1n) is 6.55. The van der Waals surface area contributed by atoms with Crippen LogP contribution in [0, 0.1) is 0 Å². The normalized spacial score (nSPS) is 25.9. The summed E-state index contributed by atoms with van der Waals surface area (Å²) in [6.07, 6.45) is 9.40. The van der Waals surface area contributed by atoms with Crippen LogP contribution in [0.4, 0.5) is 0 Å². The van der Waals surface area contributed by atoms with E-state index < -0.39 is 0 Å². The minimum atomic E-state index is 0.523. The Morgan fingerprint density at radius 3 is 2.75 bits per heavy atom. The van der Waals surface area contributed by atoms with Crippen LogP contribution in [0.15, 0.2) is 0 Å². The molecule has 1 atom stereocenters. The molecule has 0 aliphatic heterocycles. The molecule has 2 nitrogen and oxygen atoms in total. The summed E-state index contributed by atoms with van der Waals surface area (Å²) in [5.74, 6) is 0.785. The molecule has 0 radical (unpaired) electrons. The van der Waals surface area contributed by atoms with Crippen molar-refractivity contribution in [1.82, 2.24) is 10.3 Å². The second-order valence-corrected chi connectivity index (χ2v) is 6.19. The Morgan fingerprint density at radius 1 is 1.19 bits per heavy atom. The quantitative estimate of drug-likeness (QED) is 0.851. The molecule has 0 bridgehead atoms. The van der Waals surface area contributed by atoms with Crippen molar-refractivity contribution in [2.75, 3.05) is 7.05 Å². The van der Waals surface area contributed by atoms with Gasteiger partial charge in [-0.2, -0.15) is 0 Å². The molecule has 0 spiro atoms. The van der Waals surface area contributed by atoms with E-state index in [9.17, 15) is 0 Å². The summed E-state index contributed by atoms with van der Waals surface area (Å²) in [6, 6.07) is 0.523. The highest BCUT2D eigenvalue weighted by atomic mass is 32.1. The number of fused-ring (bicyclic) bond motifs is 1. The van der Waals surface area contributed by atoms with Crippen LogP contribution < -0.4 is 5.32 Å². The topological polar surface area (TPSA) is 24.9 Å². The zero-order chi connectivity index (χ0) is 11.0. The lowest BCUT2D eigenvalue weighted by Crippen LogP contribution is -2.21. The molecule has 88 valence electrons.